The van der Waals surface area contributed by atoms with E-state index in [1.807, 2.05) is 32.0 Å². The highest BCUT2D eigenvalue weighted by Crippen LogP contribution is 2.31. The molecule has 0 fully saturated rings. The van der Waals surface area contributed by atoms with E-state index in [4.69, 9.17) is 20.5 Å². The summed E-state index contributed by atoms with van der Waals surface area (Å²) in [5.41, 5.74) is 4.62. The molecule has 2 aromatic heterocycles. The van der Waals surface area contributed by atoms with Gasteiger partial charge in [0.1, 0.15) is 17.0 Å². The van der Waals surface area contributed by atoms with Gasteiger partial charge in [0.2, 0.25) is 5.89 Å². The van der Waals surface area contributed by atoms with Crippen LogP contribution in [0.2, 0.25) is 5.02 Å². The van der Waals surface area contributed by atoms with Gasteiger partial charge in [-0.05, 0) is 38.0 Å². The molecule has 1 N–H and O–H groups in total. The Morgan fingerprint density at radius 1 is 1.10 bits per heavy atom. The molecule has 4 aromatic rings. The van der Waals surface area contributed by atoms with Gasteiger partial charge < -0.3 is 8.94 Å². The molecular weight excluding hydrogens is 404 g/mol. The van der Waals surface area contributed by atoms with Gasteiger partial charge >= 0.3 is 6.01 Å². The highest BCUT2D eigenvalue weighted by atomic mass is 35.5. The van der Waals surface area contributed by atoms with Gasteiger partial charge in [0, 0.05) is 5.56 Å². The molecule has 8 heteroatoms. The molecule has 30 heavy (non-hydrogen) atoms. The molecule has 0 aliphatic rings. The number of aromatic nitrogens is 3. The summed E-state index contributed by atoms with van der Waals surface area (Å²) >= 11 is 6.25. The Morgan fingerprint density at radius 2 is 1.90 bits per heavy atom. The molecule has 1 amide bonds. The van der Waals surface area contributed by atoms with Gasteiger partial charge in [0.25, 0.3) is 5.91 Å². The molecule has 0 saturated carbocycles. The van der Waals surface area contributed by atoms with Crippen molar-refractivity contribution in [1.29, 1.82) is 0 Å². The minimum Gasteiger partial charge on any atom is -0.407 e. The number of carbonyl (C=O) groups is 1. The average Bonchev–Trinajstić information content (AvgIpc) is 3.30. The first-order valence-electron chi connectivity index (χ1n) is 9.33. The SMILES string of the molecule is Cc1ccc(Cc2nnc(NC(=O)c3c(-c4ccccc4Cl)noc3C)o2)c(C)c1. The van der Waals surface area contributed by atoms with Crippen LogP contribution in [0.5, 0.6) is 0 Å². The number of nitrogens with zero attached hydrogens (tertiary/aromatic N) is 3. The molecule has 0 unspecified atom stereocenters. The summed E-state index contributed by atoms with van der Waals surface area (Å²) in [6.07, 6.45) is 0.478. The van der Waals surface area contributed by atoms with Crippen LogP contribution in [0, 0.1) is 20.8 Å². The molecule has 7 nitrogen and oxygen atoms in total. The molecule has 152 valence electrons. The molecular formula is C22H19ClN4O3. The largest absolute Gasteiger partial charge is 0.407 e. The van der Waals surface area contributed by atoms with Gasteiger partial charge in [-0.2, -0.15) is 0 Å². The van der Waals surface area contributed by atoms with Gasteiger partial charge in [-0.15, -0.1) is 5.10 Å². The fourth-order valence-electron chi connectivity index (χ4n) is 3.22. The minimum absolute atomic E-state index is 0.00507. The maximum absolute atomic E-state index is 12.9. The number of rotatable bonds is 5. The van der Waals surface area contributed by atoms with E-state index in [1.54, 1.807) is 25.1 Å². The lowest BCUT2D eigenvalue weighted by Gasteiger charge is -2.04. The van der Waals surface area contributed by atoms with Crippen LogP contribution in [0.3, 0.4) is 0 Å². The van der Waals surface area contributed by atoms with Crippen LogP contribution in [0.1, 0.15) is 38.7 Å². The van der Waals surface area contributed by atoms with E-state index in [9.17, 15) is 4.79 Å². The number of aryl methyl sites for hydroxylation is 3. The zero-order valence-corrected chi connectivity index (χ0v) is 17.4. The highest BCUT2D eigenvalue weighted by molar-refractivity contribution is 6.33. The lowest BCUT2D eigenvalue weighted by molar-refractivity contribution is 0.102. The molecule has 0 spiro atoms. The van der Waals surface area contributed by atoms with Crippen LogP contribution in [-0.4, -0.2) is 21.3 Å². The van der Waals surface area contributed by atoms with Gasteiger partial charge in [0.15, 0.2) is 0 Å². The Morgan fingerprint density at radius 3 is 2.67 bits per heavy atom. The van der Waals surface area contributed by atoms with Gasteiger partial charge in [0.05, 0.1) is 11.4 Å². The van der Waals surface area contributed by atoms with Gasteiger partial charge in [-0.25, -0.2) is 0 Å². The van der Waals surface area contributed by atoms with Gasteiger partial charge in [-0.3, -0.25) is 10.1 Å². The molecule has 0 aliphatic heterocycles. The van der Waals surface area contributed by atoms with Crippen molar-refractivity contribution in [1.82, 2.24) is 15.4 Å². The molecule has 2 heterocycles. The third-order valence-corrected chi connectivity index (χ3v) is 5.08. The van der Waals surface area contributed by atoms with Crippen molar-refractivity contribution in [2.45, 2.75) is 27.2 Å². The van der Waals surface area contributed by atoms with Crippen LogP contribution in [-0.2, 0) is 6.42 Å². The Labute approximate surface area is 178 Å². The number of hydrogen-bond acceptors (Lipinski definition) is 6. The van der Waals surface area contributed by atoms with E-state index in [-0.39, 0.29) is 11.6 Å². The molecule has 0 bridgehead atoms. The summed E-state index contributed by atoms with van der Waals surface area (Å²) < 4.78 is 10.9. The van der Waals surface area contributed by atoms with Crippen LogP contribution in [0.25, 0.3) is 11.3 Å². The van der Waals surface area contributed by atoms with Crippen molar-refractivity contribution in [3.63, 3.8) is 0 Å². The van der Waals surface area contributed by atoms with Crippen molar-refractivity contribution < 1.29 is 13.7 Å². The van der Waals surface area contributed by atoms with Crippen molar-refractivity contribution in [2.24, 2.45) is 0 Å². The van der Waals surface area contributed by atoms with E-state index in [0.29, 0.717) is 34.4 Å². The monoisotopic (exact) mass is 422 g/mol. The summed E-state index contributed by atoms with van der Waals surface area (Å²) in [6.45, 7) is 5.73. The van der Waals surface area contributed by atoms with E-state index in [0.717, 1.165) is 11.1 Å². The second-order valence-corrected chi connectivity index (χ2v) is 7.41. The molecule has 2 aromatic carbocycles. The fourth-order valence-corrected chi connectivity index (χ4v) is 3.44. The van der Waals surface area contributed by atoms with E-state index in [1.165, 1.54) is 5.56 Å². The van der Waals surface area contributed by atoms with E-state index >= 15 is 0 Å². The molecule has 4 rings (SSSR count). The van der Waals surface area contributed by atoms with Crippen LogP contribution in [0.4, 0.5) is 6.01 Å². The molecule has 0 aliphatic carbocycles. The maximum Gasteiger partial charge on any atom is 0.322 e. The Kier molecular flexibility index (Phi) is 5.37. The number of hydrogen-bond donors (Lipinski definition) is 1. The summed E-state index contributed by atoms with van der Waals surface area (Å²) in [5.74, 6) is 0.299. The first-order valence-corrected chi connectivity index (χ1v) is 9.71. The molecule has 0 atom stereocenters. The lowest BCUT2D eigenvalue weighted by atomic mass is 10.0. The molecule has 0 radical (unpaired) electrons. The van der Waals surface area contributed by atoms with Crippen molar-refractivity contribution >= 4 is 23.5 Å². The summed E-state index contributed by atoms with van der Waals surface area (Å²) in [5, 5.41) is 15.1. The number of amides is 1. The molecule has 0 saturated heterocycles. The fraction of sp³-hybridized carbons (Fsp3) is 0.182. The smallest absolute Gasteiger partial charge is 0.322 e. The number of anilines is 1. The second kappa shape index (κ2) is 8.12. The van der Waals surface area contributed by atoms with Crippen molar-refractivity contribution in [3.8, 4) is 11.3 Å². The number of nitrogens with one attached hydrogen (secondary N) is 1. The van der Waals surface area contributed by atoms with Gasteiger partial charge in [-0.1, -0.05) is 63.8 Å². The third kappa shape index (κ3) is 3.97. The van der Waals surface area contributed by atoms with E-state index < -0.39 is 5.91 Å². The number of halogens is 1. The van der Waals surface area contributed by atoms with E-state index in [2.05, 4.69) is 26.7 Å². The van der Waals surface area contributed by atoms with Crippen molar-refractivity contribution in [3.05, 3.63) is 81.4 Å². The Bertz CT molecular complexity index is 1230. The summed E-state index contributed by atoms with van der Waals surface area (Å²) in [7, 11) is 0. The first kappa shape index (κ1) is 19.8. The maximum atomic E-state index is 12.9. The quantitative estimate of drug-likeness (QED) is 0.478. The average molecular weight is 423 g/mol. The van der Waals surface area contributed by atoms with Crippen LogP contribution in [0.15, 0.2) is 51.4 Å². The Balaban J connectivity index is 1.55. The normalized spacial score (nSPS) is 10.9. The predicted octanol–water partition coefficient (Wildman–Crippen LogP) is 5.15. The van der Waals surface area contributed by atoms with Crippen LogP contribution >= 0.6 is 11.6 Å². The zero-order valence-electron chi connectivity index (χ0n) is 16.7. The second-order valence-electron chi connectivity index (χ2n) is 7.00. The van der Waals surface area contributed by atoms with Crippen LogP contribution < -0.4 is 5.32 Å². The Hall–Kier alpha value is -3.45. The zero-order chi connectivity index (χ0) is 21.3. The highest BCUT2D eigenvalue weighted by Gasteiger charge is 2.24. The third-order valence-electron chi connectivity index (χ3n) is 4.75. The lowest BCUT2D eigenvalue weighted by Crippen LogP contribution is -2.13. The van der Waals surface area contributed by atoms with Crippen molar-refractivity contribution in [2.75, 3.05) is 5.32 Å². The number of carbonyl (C=O) groups excluding carboxylic acids is 1. The number of benzene rings is 2. The standard InChI is InChI=1S/C22H19ClN4O3/c1-12-8-9-15(13(2)10-12)11-18-25-26-22(29-18)24-21(28)19-14(3)30-27-20(19)16-6-4-5-7-17(16)23/h4-10H,11H2,1-3H3,(H,24,26,28). The summed E-state index contributed by atoms with van der Waals surface area (Å²) in [6, 6.07) is 13.3. The minimum atomic E-state index is -0.467. The first-order chi connectivity index (χ1) is 14.4. The predicted molar refractivity (Wildman–Crippen MR) is 113 cm³/mol. The summed E-state index contributed by atoms with van der Waals surface area (Å²) in [4.78, 5) is 12.9. The topological polar surface area (TPSA) is 94.1 Å².